The highest BCUT2D eigenvalue weighted by atomic mass is 79.9. The molecule has 0 aliphatic carbocycles. The highest BCUT2D eigenvalue weighted by molar-refractivity contribution is 9.08. The largest absolute Gasteiger partial charge is 0.481 e. The third-order valence-electron chi connectivity index (χ3n) is 2.57. The zero-order chi connectivity index (χ0) is 14.5. The average molecular weight is 344 g/mol. The summed E-state index contributed by atoms with van der Waals surface area (Å²) in [6.07, 6.45) is 0. The van der Waals surface area contributed by atoms with Crippen molar-refractivity contribution in [3.8, 4) is 11.6 Å². The number of methoxy groups -OCH3 is 1. The molecule has 20 heavy (non-hydrogen) atoms. The van der Waals surface area contributed by atoms with Gasteiger partial charge in [-0.3, -0.25) is 0 Å². The van der Waals surface area contributed by atoms with E-state index in [4.69, 9.17) is 9.47 Å². The number of rotatable bonds is 5. The third-order valence-corrected chi connectivity index (χ3v) is 3.21. The Balaban J connectivity index is 2.14. The lowest BCUT2D eigenvalue weighted by Gasteiger charge is -2.09. The lowest BCUT2D eigenvalue weighted by atomic mass is 10.2. The Hall–Kier alpha value is -1.69. The monoisotopic (exact) mass is 343 g/mol. The zero-order valence-electron chi connectivity index (χ0n) is 10.7. The summed E-state index contributed by atoms with van der Waals surface area (Å²) in [5, 5.41) is 0.374. The van der Waals surface area contributed by atoms with Crippen molar-refractivity contribution in [2.24, 2.45) is 0 Å². The van der Waals surface area contributed by atoms with E-state index < -0.39 is 17.4 Å². The highest BCUT2D eigenvalue weighted by Gasteiger charge is 2.13. The second-order valence-electron chi connectivity index (χ2n) is 3.98. The minimum atomic E-state index is -0.734. The molecule has 1 aromatic heterocycles. The third kappa shape index (κ3) is 3.45. The minimum Gasteiger partial charge on any atom is -0.481 e. The van der Waals surface area contributed by atoms with Gasteiger partial charge in [0.15, 0.2) is 17.4 Å². The van der Waals surface area contributed by atoms with E-state index in [1.165, 1.54) is 19.2 Å². The van der Waals surface area contributed by atoms with Crippen LogP contribution in [0.1, 0.15) is 11.3 Å². The molecule has 1 aromatic carbocycles. The van der Waals surface area contributed by atoms with Crippen LogP contribution in [0.15, 0.2) is 30.3 Å². The number of alkyl halides is 1. The fourth-order valence-corrected chi connectivity index (χ4v) is 1.95. The maximum atomic E-state index is 13.7. The first-order valence-electron chi connectivity index (χ1n) is 5.80. The molecule has 0 bridgehead atoms. The quantitative estimate of drug-likeness (QED) is 0.773. The van der Waals surface area contributed by atoms with Gasteiger partial charge in [-0.15, -0.1) is 0 Å². The van der Waals surface area contributed by atoms with Crippen molar-refractivity contribution in [2.45, 2.75) is 11.9 Å². The van der Waals surface area contributed by atoms with Crippen molar-refractivity contribution >= 4 is 15.9 Å². The average Bonchev–Trinajstić information content (AvgIpc) is 2.46. The standard InChI is InChI=1S/C14H12BrF2NO2/c1-19-13-4-2-3-10(18-13)8-20-14-11(16)5-9(7-15)6-12(14)17/h2-6H,7-8H2,1H3. The van der Waals surface area contributed by atoms with Gasteiger partial charge in [0.2, 0.25) is 5.88 Å². The maximum Gasteiger partial charge on any atom is 0.213 e. The van der Waals surface area contributed by atoms with Crippen LogP contribution in [0.2, 0.25) is 0 Å². The molecule has 0 N–H and O–H groups in total. The van der Waals surface area contributed by atoms with E-state index in [2.05, 4.69) is 20.9 Å². The lowest BCUT2D eigenvalue weighted by molar-refractivity contribution is 0.268. The Bertz CT molecular complexity index is 584. The first-order chi connectivity index (χ1) is 9.63. The molecule has 0 fully saturated rings. The van der Waals surface area contributed by atoms with Crippen molar-refractivity contribution in [2.75, 3.05) is 7.11 Å². The fourth-order valence-electron chi connectivity index (χ4n) is 1.63. The van der Waals surface area contributed by atoms with Gasteiger partial charge in [0.05, 0.1) is 12.8 Å². The molecule has 106 valence electrons. The number of halogens is 3. The molecule has 2 rings (SSSR count). The zero-order valence-corrected chi connectivity index (χ0v) is 12.3. The second-order valence-corrected chi connectivity index (χ2v) is 4.54. The summed E-state index contributed by atoms with van der Waals surface area (Å²) >= 11 is 3.14. The number of pyridine rings is 1. The summed E-state index contributed by atoms with van der Waals surface area (Å²) in [5.74, 6) is -1.45. The van der Waals surface area contributed by atoms with Crippen LogP contribution >= 0.6 is 15.9 Å². The molecule has 0 atom stereocenters. The van der Waals surface area contributed by atoms with Gasteiger partial charge in [0.25, 0.3) is 0 Å². The van der Waals surface area contributed by atoms with Gasteiger partial charge in [0.1, 0.15) is 6.61 Å². The number of ether oxygens (including phenoxy) is 2. The molecule has 1 heterocycles. The first kappa shape index (κ1) is 14.7. The van der Waals surface area contributed by atoms with Crippen LogP contribution in [0.25, 0.3) is 0 Å². The van der Waals surface area contributed by atoms with Gasteiger partial charge in [0, 0.05) is 11.4 Å². The van der Waals surface area contributed by atoms with Crippen molar-refractivity contribution in [1.82, 2.24) is 4.98 Å². The summed E-state index contributed by atoms with van der Waals surface area (Å²) < 4.78 is 37.6. The van der Waals surface area contributed by atoms with Gasteiger partial charge in [-0.05, 0) is 23.8 Å². The van der Waals surface area contributed by atoms with E-state index in [9.17, 15) is 8.78 Å². The van der Waals surface area contributed by atoms with Crippen molar-refractivity contribution in [3.05, 3.63) is 53.2 Å². The normalized spacial score (nSPS) is 10.4. The lowest BCUT2D eigenvalue weighted by Crippen LogP contribution is -2.03. The van der Waals surface area contributed by atoms with Gasteiger partial charge >= 0.3 is 0 Å². The molecule has 0 amide bonds. The molecule has 3 nitrogen and oxygen atoms in total. The molecule has 6 heteroatoms. The Morgan fingerprint density at radius 2 is 1.90 bits per heavy atom. The predicted octanol–water partition coefficient (Wildman–Crippen LogP) is 3.84. The van der Waals surface area contributed by atoms with Gasteiger partial charge in [-0.1, -0.05) is 22.0 Å². The number of nitrogens with zero attached hydrogens (tertiary/aromatic N) is 1. The number of benzene rings is 1. The fraction of sp³-hybridized carbons (Fsp3) is 0.214. The summed E-state index contributed by atoms with van der Waals surface area (Å²) in [6.45, 7) is -0.0430. The molecule has 0 aliphatic rings. The van der Waals surface area contributed by atoms with Crippen LogP contribution in [0.3, 0.4) is 0 Å². The van der Waals surface area contributed by atoms with Crippen molar-refractivity contribution in [1.29, 1.82) is 0 Å². The van der Waals surface area contributed by atoms with E-state index in [-0.39, 0.29) is 6.61 Å². The van der Waals surface area contributed by atoms with Crippen LogP contribution < -0.4 is 9.47 Å². The minimum absolute atomic E-state index is 0.0430. The molecule has 0 aliphatic heterocycles. The van der Waals surface area contributed by atoms with E-state index in [0.717, 1.165) is 0 Å². The van der Waals surface area contributed by atoms with Crippen molar-refractivity contribution in [3.63, 3.8) is 0 Å². The van der Waals surface area contributed by atoms with Gasteiger partial charge in [-0.25, -0.2) is 13.8 Å². The molecule has 0 saturated carbocycles. The van der Waals surface area contributed by atoms with E-state index in [1.807, 2.05) is 0 Å². The summed E-state index contributed by atoms with van der Waals surface area (Å²) in [4.78, 5) is 4.10. The predicted molar refractivity (Wildman–Crippen MR) is 74.1 cm³/mol. The molecular weight excluding hydrogens is 332 g/mol. The highest BCUT2D eigenvalue weighted by Crippen LogP contribution is 2.25. The number of hydrogen-bond acceptors (Lipinski definition) is 3. The molecule has 0 saturated heterocycles. The van der Waals surface area contributed by atoms with Gasteiger partial charge < -0.3 is 9.47 Å². The van der Waals surface area contributed by atoms with Gasteiger partial charge in [-0.2, -0.15) is 0 Å². The van der Waals surface area contributed by atoms with Crippen LogP contribution in [0, 0.1) is 11.6 Å². The first-order valence-corrected chi connectivity index (χ1v) is 6.92. The van der Waals surface area contributed by atoms with Crippen LogP contribution in [-0.4, -0.2) is 12.1 Å². The second kappa shape index (κ2) is 6.65. The van der Waals surface area contributed by atoms with Crippen LogP contribution in [0.5, 0.6) is 11.6 Å². The Morgan fingerprint density at radius 3 is 2.50 bits per heavy atom. The Morgan fingerprint density at radius 1 is 1.20 bits per heavy atom. The Kier molecular flexibility index (Phi) is 4.89. The molecule has 0 unspecified atom stereocenters. The molecular formula is C14H12BrF2NO2. The summed E-state index contributed by atoms with van der Waals surface area (Å²) in [6, 6.07) is 7.55. The van der Waals surface area contributed by atoms with Crippen LogP contribution in [0.4, 0.5) is 8.78 Å². The number of aromatic nitrogens is 1. The van der Waals surface area contributed by atoms with Crippen LogP contribution in [-0.2, 0) is 11.9 Å². The summed E-state index contributed by atoms with van der Waals surface area (Å²) in [7, 11) is 1.49. The smallest absolute Gasteiger partial charge is 0.213 e. The van der Waals surface area contributed by atoms with Crippen molar-refractivity contribution < 1.29 is 18.3 Å². The maximum absolute atomic E-state index is 13.7. The van der Waals surface area contributed by atoms with E-state index >= 15 is 0 Å². The number of hydrogen-bond donors (Lipinski definition) is 0. The molecule has 2 aromatic rings. The Labute approximate surface area is 123 Å². The summed E-state index contributed by atoms with van der Waals surface area (Å²) in [5.41, 5.74) is 1.03. The van der Waals surface area contributed by atoms with E-state index in [1.54, 1.807) is 18.2 Å². The molecule has 0 spiro atoms. The SMILES string of the molecule is COc1cccc(COc2c(F)cc(CBr)cc2F)n1. The van der Waals surface area contributed by atoms with E-state index in [0.29, 0.717) is 22.5 Å². The molecule has 0 radical (unpaired) electrons. The topological polar surface area (TPSA) is 31.4 Å².